The Morgan fingerprint density at radius 3 is 2.73 bits per heavy atom. The summed E-state index contributed by atoms with van der Waals surface area (Å²) in [4.78, 5) is 16.5. The molecule has 26 heavy (non-hydrogen) atoms. The normalized spacial score (nSPS) is 19.7. The Morgan fingerprint density at radius 2 is 1.96 bits per heavy atom. The minimum atomic E-state index is -0.427. The van der Waals surface area contributed by atoms with Gasteiger partial charge in [-0.1, -0.05) is 36.4 Å². The van der Waals surface area contributed by atoms with Gasteiger partial charge in [-0.2, -0.15) is 0 Å². The van der Waals surface area contributed by atoms with Gasteiger partial charge in [0.15, 0.2) is 0 Å². The summed E-state index contributed by atoms with van der Waals surface area (Å²) in [7, 11) is 0. The number of carbonyl (C=O) groups is 1. The molecule has 1 aromatic heterocycles. The summed E-state index contributed by atoms with van der Waals surface area (Å²) < 4.78 is 2.13. The fourth-order valence-electron chi connectivity index (χ4n) is 3.32. The molecule has 1 amide bonds. The fourth-order valence-corrected chi connectivity index (χ4v) is 3.32. The van der Waals surface area contributed by atoms with Gasteiger partial charge in [0.05, 0.1) is 29.5 Å². The smallest absolute Gasteiger partial charge is 0.237 e. The Balaban J connectivity index is 1.35. The third-order valence-electron chi connectivity index (χ3n) is 4.79. The molecule has 1 aliphatic rings. The predicted molar refractivity (Wildman–Crippen MR) is 99.5 cm³/mol. The largest absolute Gasteiger partial charge is 0.392 e. The van der Waals surface area contributed by atoms with E-state index < -0.39 is 6.10 Å². The first-order valence-corrected chi connectivity index (χ1v) is 8.86. The summed E-state index contributed by atoms with van der Waals surface area (Å²) in [6.07, 6.45) is 1.91. The Labute approximate surface area is 151 Å². The van der Waals surface area contributed by atoms with Crippen molar-refractivity contribution in [3.05, 3.63) is 66.0 Å². The average Bonchev–Trinajstić information content (AvgIpc) is 3.28. The number of amides is 1. The number of imidazole rings is 1. The van der Waals surface area contributed by atoms with E-state index in [0.29, 0.717) is 19.5 Å². The molecule has 0 radical (unpaired) electrons. The first-order valence-electron chi connectivity index (χ1n) is 8.86. The molecular weight excluding hydrogens is 328 g/mol. The van der Waals surface area contributed by atoms with E-state index in [1.54, 1.807) is 0 Å². The van der Waals surface area contributed by atoms with Crippen molar-refractivity contribution in [1.82, 2.24) is 20.2 Å². The highest BCUT2D eigenvalue weighted by atomic mass is 16.3. The monoisotopic (exact) mass is 350 g/mol. The maximum atomic E-state index is 12.1. The number of β-amino-alcohol motifs (C(OH)–C–C–N with tert-alkyl or cyclic N) is 1. The number of aliphatic hydroxyl groups excluding tert-OH is 1. The SMILES string of the molecule is O=C(NCc1ccc(Cn2cnc3ccccc32)cc1)[C@H]1C[C@H](O)CN1. The van der Waals surface area contributed by atoms with Crippen molar-refractivity contribution in [2.24, 2.45) is 0 Å². The van der Waals surface area contributed by atoms with E-state index in [9.17, 15) is 9.90 Å². The first kappa shape index (κ1) is 16.8. The Kier molecular flexibility index (Phi) is 4.69. The second-order valence-corrected chi connectivity index (χ2v) is 6.75. The van der Waals surface area contributed by atoms with Gasteiger partial charge in [0, 0.05) is 19.6 Å². The summed E-state index contributed by atoms with van der Waals surface area (Å²) in [5, 5.41) is 15.4. The molecule has 0 spiro atoms. The van der Waals surface area contributed by atoms with Crippen LogP contribution in [-0.2, 0) is 17.9 Å². The van der Waals surface area contributed by atoms with E-state index in [2.05, 4.69) is 38.4 Å². The van der Waals surface area contributed by atoms with Crippen molar-refractivity contribution in [2.45, 2.75) is 31.7 Å². The van der Waals surface area contributed by atoms with Gasteiger partial charge >= 0.3 is 0 Å². The van der Waals surface area contributed by atoms with Crippen LogP contribution in [0, 0.1) is 0 Å². The van der Waals surface area contributed by atoms with Gasteiger partial charge in [0.1, 0.15) is 0 Å². The fraction of sp³-hybridized carbons (Fsp3) is 0.300. The second kappa shape index (κ2) is 7.27. The maximum Gasteiger partial charge on any atom is 0.237 e. The van der Waals surface area contributed by atoms with Crippen molar-refractivity contribution < 1.29 is 9.90 Å². The lowest BCUT2D eigenvalue weighted by Crippen LogP contribution is -2.39. The van der Waals surface area contributed by atoms with Gasteiger partial charge in [-0.15, -0.1) is 0 Å². The molecule has 1 fully saturated rings. The molecule has 1 aliphatic heterocycles. The van der Waals surface area contributed by atoms with E-state index in [-0.39, 0.29) is 11.9 Å². The van der Waals surface area contributed by atoms with E-state index in [1.165, 1.54) is 5.56 Å². The van der Waals surface area contributed by atoms with Crippen LogP contribution in [0.1, 0.15) is 17.5 Å². The third kappa shape index (κ3) is 3.61. The molecule has 2 atom stereocenters. The number of aromatic nitrogens is 2. The van der Waals surface area contributed by atoms with E-state index in [0.717, 1.165) is 23.1 Å². The van der Waals surface area contributed by atoms with Crippen molar-refractivity contribution in [3.8, 4) is 0 Å². The minimum Gasteiger partial charge on any atom is -0.392 e. The molecule has 4 rings (SSSR count). The van der Waals surface area contributed by atoms with Gasteiger partial charge < -0.3 is 20.3 Å². The molecule has 2 aromatic carbocycles. The van der Waals surface area contributed by atoms with E-state index >= 15 is 0 Å². The molecule has 0 saturated carbocycles. The van der Waals surface area contributed by atoms with Gasteiger partial charge in [0.25, 0.3) is 0 Å². The second-order valence-electron chi connectivity index (χ2n) is 6.75. The van der Waals surface area contributed by atoms with Gasteiger partial charge in [-0.25, -0.2) is 4.98 Å². The Morgan fingerprint density at radius 1 is 1.19 bits per heavy atom. The summed E-state index contributed by atoms with van der Waals surface area (Å²) in [5.74, 6) is -0.0597. The van der Waals surface area contributed by atoms with Crippen LogP contribution in [-0.4, -0.2) is 39.3 Å². The maximum absolute atomic E-state index is 12.1. The van der Waals surface area contributed by atoms with Crippen LogP contribution in [0.15, 0.2) is 54.9 Å². The van der Waals surface area contributed by atoms with Crippen molar-refractivity contribution in [2.75, 3.05) is 6.54 Å². The molecule has 0 bridgehead atoms. The lowest BCUT2D eigenvalue weighted by atomic mass is 10.1. The van der Waals surface area contributed by atoms with Gasteiger partial charge in [0.2, 0.25) is 5.91 Å². The zero-order valence-corrected chi connectivity index (χ0v) is 14.4. The van der Waals surface area contributed by atoms with Crippen LogP contribution in [0.5, 0.6) is 0 Å². The summed E-state index contributed by atoms with van der Waals surface area (Å²) in [6.45, 7) is 1.73. The highest BCUT2D eigenvalue weighted by Gasteiger charge is 2.27. The molecule has 3 N–H and O–H groups in total. The van der Waals surface area contributed by atoms with Crippen LogP contribution in [0.2, 0.25) is 0 Å². The number of fused-ring (bicyclic) bond motifs is 1. The van der Waals surface area contributed by atoms with Crippen molar-refractivity contribution in [1.29, 1.82) is 0 Å². The number of para-hydroxylation sites is 2. The molecule has 6 nitrogen and oxygen atoms in total. The lowest BCUT2D eigenvalue weighted by molar-refractivity contribution is -0.123. The number of nitrogens with one attached hydrogen (secondary N) is 2. The topological polar surface area (TPSA) is 79.2 Å². The summed E-state index contributed by atoms with van der Waals surface area (Å²) in [5.41, 5.74) is 4.35. The molecule has 0 unspecified atom stereocenters. The van der Waals surface area contributed by atoms with Crippen LogP contribution in [0.3, 0.4) is 0 Å². The zero-order valence-electron chi connectivity index (χ0n) is 14.4. The number of aliphatic hydroxyl groups is 1. The highest BCUT2D eigenvalue weighted by Crippen LogP contribution is 2.14. The number of rotatable bonds is 5. The lowest BCUT2D eigenvalue weighted by Gasteiger charge is -2.11. The van der Waals surface area contributed by atoms with Crippen molar-refractivity contribution >= 4 is 16.9 Å². The molecular formula is C20H22N4O2. The molecule has 3 aromatic rings. The number of hydrogen-bond donors (Lipinski definition) is 3. The third-order valence-corrected chi connectivity index (χ3v) is 4.79. The standard InChI is InChI=1S/C20H22N4O2/c25-16-9-18(21-11-16)20(26)22-10-14-5-7-15(8-6-14)12-24-13-23-17-3-1-2-4-19(17)24/h1-8,13,16,18,21,25H,9-12H2,(H,22,26)/t16-,18+/m0/s1. The summed E-state index contributed by atoms with van der Waals surface area (Å²) in [6, 6.07) is 16.0. The van der Waals surface area contributed by atoms with Crippen LogP contribution in [0.25, 0.3) is 11.0 Å². The number of hydrogen-bond acceptors (Lipinski definition) is 4. The van der Waals surface area contributed by atoms with E-state index in [1.807, 2.05) is 36.7 Å². The highest BCUT2D eigenvalue weighted by molar-refractivity contribution is 5.82. The quantitative estimate of drug-likeness (QED) is 0.650. The van der Waals surface area contributed by atoms with Crippen LogP contribution in [0.4, 0.5) is 0 Å². The Bertz CT molecular complexity index is 904. The number of benzene rings is 2. The minimum absolute atomic E-state index is 0.0597. The molecule has 134 valence electrons. The number of nitrogens with zero attached hydrogens (tertiary/aromatic N) is 2. The van der Waals surface area contributed by atoms with Crippen LogP contribution < -0.4 is 10.6 Å². The van der Waals surface area contributed by atoms with Gasteiger partial charge in [-0.05, 0) is 29.7 Å². The molecule has 6 heteroatoms. The van der Waals surface area contributed by atoms with Gasteiger partial charge in [-0.3, -0.25) is 4.79 Å². The number of carbonyl (C=O) groups excluding carboxylic acids is 1. The Hall–Kier alpha value is -2.70. The van der Waals surface area contributed by atoms with Crippen molar-refractivity contribution in [3.63, 3.8) is 0 Å². The van der Waals surface area contributed by atoms with E-state index in [4.69, 9.17) is 0 Å². The average molecular weight is 350 g/mol. The van der Waals surface area contributed by atoms with Crippen LogP contribution >= 0.6 is 0 Å². The first-order chi connectivity index (χ1) is 12.7. The zero-order chi connectivity index (χ0) is 17.9. The molecule has 2 heterocycles. The molecule has 1 saturated heterocycles. The predicted octanol–water partition coefficient (Wildman–Crippen LogP) is 1.42. The summed E-state index contributed by atoms with van der Waals surface area (Å²) >= 11 is 0. The molecule has 0 aliphatic carbocycles.